The maximum Gasteiger partial charge on any atom is 0.111 e. The van der Waals surface area contributed by atoms with Crippen molar-refractivity contribution >= 4 is 22.6 Å². The second-order valence-electron chi connectivity index (χ2n) is 5.23. The molecule has 0 unspecified atom stereocenters. The fourth-order valence-electron chi connectivity index (χ4n) is 2.24. The molecule has 0 spiro atoms. The van der Waals surface area contributed by atoms with E-state index in [0.29, 0.717) is 11.3 Å². The Balaban J connectivity index is 2.07. The zero-order chi connectivity index (χ0) is 11.9. The van der Waals surface area contributed by atoms with Gasteiger partial charge in [-0.05, 0) is 24.3 Å². The van der Waals surface area contributed by atoms with E-state index in [4.69, 9.17) is 11.6 Å². The largest absolute Gasteiger partial charge is 0.327 e. The number of rotatable bonds is 4. The van der Waals surface area contributed by atoms with Gasteiger partial charge in [-0.1, -0.05) is 6.92 Å². The topological polar surface area (TPSA) is 30.7 Å². The standard InChI is InChI=1S/C13H16ClN3/c1-13(4-5-13)9-17-11-3-7-15-8-10(11)16-12(17)2-6-14/h3,7-8H,2,4-6,9H2,1H3. The van der Waals surface area contributed by atoms with Crippen molar-refractivity contribution in [2.45, 2.75) is 32.7 Å². The summed E-state index contributed by atoms with van der Waals surface area (Å²) in [6.07, 6.45) is 7.13. The van der Waals surface area contributed by atoms with Gasteiger partial charge in [0.2, 0.25) is 0 Å². The fraction of sp³-hybridized carbons (Fsp3) is 0.538. The van der Waals surface area contributed by atoms with Crippen molar-refractivity contribution in [1.82, 2.24) is 14.5 Å². The fourth-order valence-corrected chi connectivity index (χ4v) is 2.41. The van der Waals surface area contributed by atoms with Crippen LogP contribution in [0.1, 0.15) is 25.6 Å². The average Bonchev–Trinajstić information content (AvgIpc) is 2.95. The van der Waals surface area contributed by atoms with Crippen molar-refractivity contribution in [3.05, 3.63) is 24.3 Å². The van der Waals surface area contributed by atoms with Gasteiger partial charge < -0.3 is 4.57 Å². The summed E-state index contributed by atoms with van der Waals surface area (Å²) in [5, 5.41) is 0. The minimum Gasteiger partial charge on any atom is -0.327 e. The number of imidazole rings is 1. The summed E-state index contributed by atoms with van der Waals surface area (Å²) in [6, 6.07) is 2.05. The zero-order valence-electron chi connectivity index (χ0n) is 9.99. The van der Waals surface area contributed by atoms with Crippen molar-refractivity contribution in [2.75, 3.05) is 5.88 Å². The van der Waals surface area contributed by atoms with Gasteiger partial charge >= 0.3 is 0 Å². The summed E-state index contributed by atoms with van der Waals surface area (Å²) >= 11 is 5.85. The first kappa shape index (κ1) is 11.0. The van der Waals surface area contributed by atoms with Crippen LogP contribution < -0.4 is 0 Å². The van der Waals surface area contributed by atoms with Gasteiger partial charge in [-0.3, -0.25) is 4.98 Å². The van der Waals surface area contributed by atoms with Crippen LogP contribution in [0.2, 0.25) is 0 Å². The Labute approximate surface area is 106 Å². The SMILES string of the molecule is CC1(Cn2c(CCCl)nc3cnccc32)CC1. The molecule has 4 heteroatoms. The molecule has 0 amide bonds. The lowest BCUT2D eigenvalue weighted by Gasteiger charge is -2.13. The number of pyridine rings is 1. The molecule has 0 atom stereocenters. The van der Waals surface area contributed by atoms with Crippen LogP contribution in [0.25, 0.3) is 11.0 Å². The van der Waals surface area contributed by atoms with Gasteiger partial charge in [0.15, 0.2) is 0 Å². The first-order valence-electron chi connectivity index (χ1n) is 6.07. The van der Waals surface area contributed by atoms with E-state index in [1.807, 2.05) is 18.5 Å². The average molecular weight is 250 g/mol. The van der Waals surface area contributed by atoms with Gasteiger partial charge in [0, 0.05) is 25.0 Å². The van der Waals surface area contributed by atoms with E-state index in [-0.39, 0.29) is 0 Å². The quantitative estimate of drug-likeness (QED) is 0.780. The number of fused-ring (bicyclic) bond motifs is 1. The molecule has 0 aromatic carbocycles. The molecule has 2 aromatic rings. The molecule has 1 aliphatic rings. The maximum absolute atomic E-state index is 5.85. The number of hydrogen-bond acceptors (Lipinski definition) is 2. The Morgan fingerprint density at radius 1 is 1.47 bits per heavy atom. The minimum atomic E-state index is 0.470. The van der Waals surface area contributed by atoms with E-state index in [0.717, 1.165) is 24.3 Å². The van der Waals surface area contributed by atoms with Crippen molar-refractivity contribution in [3.63, 3.8) is 0 Å². The zero-order valence-corrected chi connectivity index (χ0v) is 10.7. The first-order chi connectivity index (χ1) is 8.22. The third-order valence-corrected chi connectivity index (χ3v) is 3.78. The highest BCUT2D eigenvalue weighted by molar-refractivity contribution is 6.17. The molecule has 2 aromatic heterocycles. The third-order valence-electron chi connectivity index (χ3n) is 3.59. The summed E-state index contributed by atoms with van der Waals surface area (Å²) in [7, 11) is 0. The van der Waals surface area contributed by atoms with Crippen LogP contribution in [0.15, 0.2) is 18.5 Å². The van der Waals surface area contributed by atoms with Crippen LogP contribution in [0, 0.1) is 5.41 Å². The summed E-state index contributed by atoms with van der Waals surface area (Å²) in [5.41, 5.74) is 2.64. The van der Waals surface area contributed by atoms with Crippen molar-refractivity contribution in [3.8, 4) is 0 Å². The van der Waals surface area contributed by atoms with Crippen molar-refractivity contribution in [1.29, 1.82) is 0 Å². The number of hydrogen-bond donors (Lipinski definition) is 0. The van der Waals surface area contributed by atoms with Crippen LogP contribution in [-0.4, -0.2) is 20.4 Å². The van der Waals surface area contributed by atoms with Crippen molar-refractivity contribution in [2.24, 2.45) is 5.41 Å². The number of alkyl halides is 1. The molecule has 0 radical (unpaired) electrons. The number of aromatic nitrogens is 3. The van der Waals surface area contributed by atoms with Gasteiger partial charge in [0.25, 0.3) is 0 Å². The smallest absolute Gasteiger partial charge is 0.111 e. The van der Waals surface area contributed by atoms with Crippen LogP contribution in [0.3, 0.4) is 0 Å². The second kappa shape index (κ2) is 3.98. The normalized spacial score (nSPS) is 17.5. The highest BCUT2D eigenvalue weighted by Crippen LogP contribution is 2.47. The Morgan fingerprint density at radius 2 is 2.29 bits per heavy atom. The molecular weight excluding hydrogens is 234 g/mol. The molecular formula is C13H16ClN3. The predicted molar refractivity (Wildman–Crippen MR) is 69.3 cm³/mol. The molecule has 0 aliphatic heterocycles. The van der Waals surface area contributed by atoms with Crippen molar-refractivity contribution < 1.29 is 0 Å². The number of nitrogens with zero attached hydrogens (tertiary/aromatic N) is 3. The van der Waals surface area contributed by atoms with Gasteiger partial charge in [-0.2, -0.15) is 0 Å². The van der Waals surface area contributed by atoms with Crippen LogP contribution >= 0.6 is 11.6 Å². The lowest BCUT2D eigenvalue weighted by Crippen LogP contribution is -2.11. The molecule has 0 saturated heterocycles. The third kappa shape index (κ3) is 2.04. The van der Waals surface area contributed by atoms with E-state index in [1.165, 1.54) is 18.4 Å². The molecule has 3 nitrogen and oxygen atoms in total. The minimum absolute atomic E-state index is 0.470. The molecule has 1 fully saturated rings. The molecule has 2 heterocycles. The van der Waals surface area contributed by atoms with E-state index >= 15 is 0 Å². The maximum atomic E-state index is 5.85. The highest BCUT2D eigenvalue weighted by Gasteiger charge is 2.38. The predicted octanol–water partition coefficient (Wildman–Crippen LogP) is 3.01. The summed E-state index contributed by atoms with van der Waals surface area (Å²) < 4.78 is 2.33. The molecule has 1 aliphatic carbocycles. The Bertz CT molecular complexity index is 543. The van der Waals surface area contributed by atoms with E-state index in [1.54, 1.807) is 0 Å². The van der Waals surface area contributed by atoms with Gasteiger partial charge in [0.05, 0.1) is 11.7 Å². The Hall–Kier alpha value is -1.09. The Morgan fingerprint density at radius 3 is 3.00 bits per heavy atom. The van der Waals surface area contributed by atoms with Crippen LogP contribution in [0.4, 0.5) is 0 Å². The summed E-state index contributed by atoms with van der Waals surface area (Å²) in [4.78, 5) is 8.76. The molecule has 0 bridgehead atoms. The molecule has 0 N–H and O–H groups in total. The lowest BCUT2D eigenvalue weighted by atomic mass is 10.1. The molecule has 17 heavy (non-hydrogen) atoms. The van der Waals surface area contributed by atoms with E-state index < -0.39 is 0 Å². The number of aryl methyl sites for hydroxylation is 1. The molecule has 1 saturated carbocycles. The van der Waals surface area contributed by atoms with E-state index in [9.17, 15) is 0 Å². The Kier molecular flexibility index (Phi) is 2.58. The number of halogens is 1. The van der Waals surface area contributed by atoms with Gasteiger partial charge in [-0.25, -0.2) is 4.98 Å². The monoisotopic (exact) mass is 249 g/mol. The summed E-state index contributed by atoms with van der Waals surface area (Å²) in [5.74, 6) is 1.71. The molecule has 3 rings (SSSR count). The van der Waals surface area contributed by atoms with Gasteiger partial charge in [0.1, 0.15) is 11.3 Å². The highest BCUT2D eigenvalue weighted by atomic mass is 35.5. The first-order valence-corrected chi connectivity index (χ1v) is 6.60. The second-order valence-corrected chi connectivity index (χ2v) is 5.61. The summed E-state index contributed by atoms with van der Waals surface area (Å²) in [6.45, 7) is 3.39. The van der Waals surface area contributed by atoms with E-state index in [2.05, 4.69) is 21.5 Å². The van der Waals surface area contributed by atoms with Crippen LogP contribution in [0.5, 0.6) is 0 Å². The molecule has 90 valence electrons. The van der Waals surface area contributed by atoms with Crippen LogP contribution in [-0.2, 0) is 13.0 Å². The van der Waals surface area contributed by atoms with Gasteiger partial charge in [-0.15, -0.1) is 11.6 Å². The lowest BCUT2D eigenvalue weighted by molar-refractivity contribution is 0.462.